The molecule has 3 rings (SSSR count). The van der Waals surface area contributed by atoms with E-state index in [1.165, 1.54) is 12.1 Å². The largest absolute Gasteiger partial charge is 0.298 e. The molecule has 0 saturated heterocycles. The molecule has 118 valence electrons. The maximum Gasteiger partial charge on any atom is 0.259 e. The lowest BCUT2D eigenvalue weighted by Crippen LogP contribution is -2.11. The Morgan fingerprint density at radius 1 is 1.17 bits per heavy atom. The number of carbonyl (C=O) groups is 1. The molecule has 1 aromatic carbocycles. The van der Waals surface area contributed by atoms with Crippen LogP contribution in [0.25, 0.3) is 11.3 Å². The van der Waals surface area contributed by atoms with Crippen molar-refractivity contribution < 1.29 is 13.6 Å². The third kappa shape index (κ3) is 3.53. The molecule has 0 bridgehead atoms. The molecule has 9 heteroatoms. The predicted molar refractivity (Wildman–Crippen MR) is 89.8 cm³/mol. The molecule has 0 saturated carbocycles. The summed E-state index contributed by atoms with van der Waals surface area (Å²) in [7, 11) is 0. The fourth-order valence-corrected chi connectivity index (χ4v) is 3.95. The highest BCUT2D eigenvalue weighted by Crippen LogP contribution is 2.32. The van der Waals surface area contributed by atoms with Gasteiger partial charge in [-0.3, -0.25) is 10.1 Å². The first kappa shape index (κ1) is 16.3. The molecule has 1 N–H and O–H groups in total. The number of nitrogens with one attached hydrogen (secondary N) is 1. The minimum Gasteiger partial charge on any atom is -0.298 e. The summed E-state index contributed by atoms with van der Waals surface area (Å²) in [4.78, 5) is 16.3. The third-order valence-corrected chi connectivity index (χ3v) is 5.09. The number of rotatable bonds is 3. The second kappa shape index (κ2) is 6.52. The highest BCUT2D eigenvalue weighted by Gasteiger charge is 2.16. The first-order valence-corrected chi connectivity index (χ1v) is 8.56. The Balaban J connectivity index is 1.80. The minimum atomic E-state index is -0.958. The van der Waals surface area contributed by atoms with Crippen LogP contribution in [0, 0.1) is 11.6 Å². The number of anilines is 1. The van der Waals surface area contributed by atoms with Gasteiger partial charge in [-0.05, 0) is 24.3 Å². The summed E-state index contributed by atoms with van der Waals surface area (Å²) in [5.41, 5.74) is 1.10. The summed E-state index contributed by atoms with van der Waals surface area (Å²) >= 11 is 14.0. The van der Waals surface area contributed by atoms with E-state index in [-0.39, 0.29) is 9.90 Å². The van der Waals surface area contributed by atoms with Gasteiger partial charge in [0.25, 0.3) is 5.91 Å². The zero-order valence-corrected chi connectivity index (χ0v) is 14.2. The van der Waals surface area contributed by atoms with Crippen LogP contribution in [0.2, 0.25) is 8.67 Å². The summed E-state index contributed by atoms with van der Waals surface area (Å²) < 4.78 is 26.9. The summed E-state index contributed by atoms with van der Waals surface area (Å²) in [5, 5.41) is 4.54. The maximum atomic E-state index is 13.3. The van der Waals surface area contributed by atoms with Crippen molar-refractivity contribution in [2.45, 2.75) is 0 Å². The van der Waals surface area contributed by atoms with Gasteiger partial charge in [-0.25, -0.2) is 13.8 Å². The molecule has 0 aliphatic rings. The first-order chi connectivity index (χ1) is 10.9. The molecule has 2 heterocycles. The Kier molecular flexibility index (Phi) is 4.63. The highest BCUT2D eigenvalue weighted by atomic mass is 35.5. The summed E-state index contributed by atoms with van der Waals surface area (Å²) in [6.45, 7) is 0. The molecule has 3 aromatic rings. The lowest BCUT2D eigenvalue weighted by molar-refractivity contribution is 0.102. The van der Waals surface area contributed by atoms with Gasteiger partial charge in [-0.1, -0.05) is 23.2 Å². The molecule has 0 unspecified atom stereocenters. The number of hydrogen-bond acceptors (Lipinski definition) is 4. The van der Waals surface area contributed by atoms with Gasteiger partial charge in [0.15, 0.2) is 16.8 Å². The number of aromatic nitrogens is 1. The van der Waals surface area contributed by atoms with Crippen LogP contribution in [0.4, 0.5) is 13.9 Å². The number of benzene rings is 1. The summed E-state index contributed by atoms with van der Waals surface area (Å²) in [5.74, 6) is -2.33. The van der Waals surface area contributed by atoms with Crippen molar-refractivity contribution in [3.8, 4) is 11.3 Å². The first-order valence-electron chi connectivity index (χ1n) is 6.11. The Labute approximate surface area is 147 Å². The topological polar surface area (TPSA) is 42.0 Å². The van der Waals surface area contributed by atoms with Gasteiger partial charge in [0.1, 0.15) is 4.34 Å². The van der Waals surface area contributed by atoms with E-state index >= 15 is 0 Å². The molecule has 0 fully saturated rings. The standard InChI is InChI=1S/C14H6Cl2F2N2OS2/c15-11-4-7(12(16)23-11)13(21)20-14-19-10(5-22-14)6-1-2-8(17)9(18)3-6/h1-5H,(H,19,20,21). The van der Waals surface area contributed by atoms with Gasteiger partial charge < -0.3 is 0 Å². The third-order valence-electron chi connectivity index (χ3n) is 2.84. The second-order valence-corrected chi connectivity index (χ2v) is 7.50. The van der Waals surface area contributed by atoms with E-state index in [0.29, 0.717) is 20.7 Å². The fraction of sp³-hybridized carbons (Fsp3) is 0. The highest BCUT2D eigenvalue weighted by molar-refractivity contribution is 7.20. The second-order valence-electron chi connectivity index (χ2n) is 4.36. The van der Waals surface area contributed by atoms with Gasteiger partial charge in [0, 0.05) is 10.9 Å². The van der Waals surface area contributed by atoms with Gasteiger partial charge in [-0.2, -0.15) is 0 Å². The maximum absolute atomic E-state index is 13.3. The van der Waals surface area contributed by atoms with Crippen molar-refractivity contribution in [3.63, 3.8) is 0 Å². The normalized spacial score (nSPS) is 10.8. The van der Waals surface area contributed by atoms with Crippen molar-refractivity contribution >= 4 is 56.9 Å². The Morgan fingerprint density at radius 2 is 1.96 bits per heavy atom. The van der Waals surface area contributed by atoms with E-state index in [0.717, 1.165) is 34.8 Å². The van der Waals surface area contributed by atoms with Gasteiger partial charge >= 0.3 is 0 Å². The Hall–Kier alpha value is -1.54. The van der Waals surface area contributed by atoms with Crippen LogP contribution >= 0.6 is 45.9 Å². The van der Waals surface area contributed by atoms with E-state index in [1.807, 2.05) is 0 Å². The van der Waals surface area contributed by atoms with Crippen molar-refractivity contribution in [2.24, 2.45) is 0 Å². The SMILES string of the molecule is O=C(Nc1nc(-c2ccc(F)c(F)c2)cs1)c1cc(Cl)sc1Cl. The van der Waals surface area contributed by atoms with E-state index in [2.05, 4.69) is 10.3 Å². The van der Waals surface area contributed by atoms with Crippen LogP contribution in [0.15, 0.2) is 29.6 Å². The van der Waals surface area contributed by atoms with Crippen LogP contribution in [-0.4, -0.2) is 10.9 Å². The molecule has 0 aliphatic carbocycles. The van der Waals surface area contributed by atoms with Gasteiger partial charge in [0.2, 0.25) is 0 Å². The van der Waals surface area contributed by atoms with E-state index < -0.39 is 17.5 Å². The summed E-state index contributed by atoms with van der Waals surface area (Å²) in [6.07, 6.45) is 0. The molecule has 0 radical (unpaired) electrons. The molecular weight excluding hydrogens is 385 g/mol. The number of hydrogen-bond donors (Lipinski definition) is 1. The monoisotopic (exact) mass is 390 g/mol. The van der Waals surface area contributed by atoms with E-state index in [1.54, 1.807) is 5.38 Å². The van der Waals surface area contributed by atoms with Crippen LogP contribution in [0.1, 0.15) is 10.4 Å². The molecule has 23 heavy (non-hydrogen) atoms. The van der Waals surface area contributed by atoms with Crippen LogP contribution in [-0.2, 0) is 0 Å². The average Bonchev–Trinajstić information content (AvgIpc) is 3.08. The van der Waals surface area contributed by atoms with Crippen LogP contribution in [0.3, 0.4) is 0 Å². The molecule has 0 spiro atoms. The minimum absolute atomic E-state index is 0.256. The fourth-order valence-electron chi connectivity index (χ4n) is 1.78. The average molecular weight is 391 g/mol. The quantitative estimate of drug-likeness (QED) is 0.622. The smallest absolute Gasteiger partial charge is 0.259 e. The number of nitrogens with zero attached hydrogens (tertiary/aromatic N) is 1. The van der Waals surface area contributed by atoms with E-state index in [4.69, 9.17) is 23.2 Å². The van der Waals surface area contributed by atoms with Crippen molar-refractivity contribution in [1.82, 2.24) is 4.98 Å². The Bertz CT molecular complexity index is 895. The van der Waals surface area contributed by atoms with Crippen LogP contribution < -0.4 is 5.32 Å². The van der Waals surface area contributed by atoms with Crippen LogP contribution in [0.5, 0.6) is 0 Å². The van der Waals surface area contributed by atoms with Crippen molar-refractivity contribution in [2.75, 3.05) is 5.32 Å². The zero-order chi connectivity index (χ0) is 16.6. The number of amides is 1. The van der Waals surface area contributed by atoms with Crippen molar-refractivity contribution in [3.05, 3.63) is 55.5 Å². The molecule has 0 atom stereocenters. The lowest BCUT2D eigenvalue weighted by Gasteiger charge is -2.00. The Morgan fingerprint density at radius 3 is 2.61 bits per heavy atom. The van der Waals surface area contributed by atoms with Crippen molar-refractivity contribution in [1.29, 1.82) is 0 Å². The predicted octanol–water partition coefficient (Wildman–Crippen LogP) is 5.71. The summed E-state index contributed by atoms with van der Waals surface area (Å²) in [6, 6.07) is 4.95. The lowest BCUT2D eigenvalue weighted by atomic mass is 10.2. The molecule has 0 aliphatic heterocycles. The number of thiazole rings is 1. The zero-order valence-electron chi connectivity index (χ0n) is 11.1. The molecule has 1 amide bonds. The molecule has 3 nitrogen and oxygen atoms in total. The van der Waals surface area contributed by atoms with Gasteiger partial charge in [-0.15, -0.1) is 22.7 Å². The van der Waals surface area contributed by atoms with Gasteiger partial charge in [0.05, 0.1) is 15.6 Å². The molecule has 2 aromatic heterocycles. The van der Waals surface area contributed by atoms with E-state index in [9.17, 15) is 13.6 Å². The number of thiophene rings is 1. The number of halogens is 4. The number of carbonyl (C=O) groups excluding carboxylic acids is 1. The molecular formula is C14H6Cl2F2N2OS2.